The molecule has 1 saturated carbocycles. The minimum absolute atomic E-state index is 0.453. The highest BCUT2D eigenvalue weighted by atomic mass is 79.9. The van der Waals surface area contributed by atoms with E-state index < -0.39 is 0 Å². The van der Waals surface area contributed by atoms with Crippen molar-refractivity contribution in [2.45, 2.75) is 45.1 Å². The normalized spacial score (nSPS) is 18.5. The van der Waals surface area contributed by atoms with Crippen molar-refractivity contribution in [3.8, 4) is 0 Å². The van der Waals surface area contributed by atoms with Crippen LogP contribution in [0.3, 0.4) is 0 Å². The Morgan fingerprint density at radius 2 is 2.12 bits per heavy atom. The van der Waals surface area contributed by atoms with Gasteiger partial charge in [-0.15, -0.1) is 0 Å². The molecule has 17 heavy (non-hydrogen) atoms. The van der Waals surface area contributed by atoms with Crippen molar-refractivity contribution in [1.82, 2.24) is 5.32 Å². The summed E-state index contributed by atoms with van der Waals surface area (Å²) in [5.41, 5.74) is 1.37. The molecule has 0 bridgehead atoms. The van der Waals surface area contributed by atoms with E-state index in [1.807, 2.05) is 0 Å². The van der Waals surface area contributed by atoms with Crippen molar-refractivity contribution in [2.75, 3.05) is 6.54 Å². The van der Waals surface area contributed by atoms with E-state index in [-0.39, 0.29) is 0 Å². The minimum atomic E-state index is 0.453. The Balaban J connectivity index is 1.74. The van der Waals surface area contributed by atoms with Crippen LogP contribution >= 0.6 is 15.9 Å². The molecule has 0 radical (unpaired) electrons. The van der Waals surface area contributed by atoms with Crippen molar-refractivity contribution in [3.63, 3.8) is 0 Å². The third-order valence-corrected chi connectivity index (χ3v) is 4.32. The molecule has 0 amide bonds. The second kappa shape index (κ2) is 6.55. The molecule has 1 atom stereocenters. The molecule has 0 saturated heterocycles. The lowest BCUT2D eigenvalue weighted by Crippen LogP contribution is -2.21. The lowest BCUT2D eigenvalue weighted by atomic mass is 10.0. The molecule has 94 valence electrons. The highest BCUT2D eigenvalue weighted by Crippen LogP contribution is 2.27. The summed E-state index contributed by atoms with van der Waals surface area (Å²) in [7, 11) is 0. The lowest BCUT2D eigenvalue weighted by Gasteiger charge is -2.16. The summed E-state index contributed by atoms with van der Waals surface area (Å²) in [4.78, 5) is 0. The zero-order valence-corrected chi connectivity index (χ0v) is 12.2. The molecule has 0 aliphatic heterocycles. The van der Waals surface area contributed by atoms with Gasteiger partial charge in [-0.25, -0.2) is 0 Å². The van der Waals surface area contributed by atoms with Gasteiger partial charge in [0.05, 0.1) is 0 Å². The Morgan fingerprint density at radius 3 is 2.82 bits per heavy atom. The molecule has 0 spiro atoms. The van der Waals surface area contributed by atoms with Crippen LogP contribution in [-0.4, -0.2) is 6.54 Å². The summed E-state index contributed by atoms with van der Waals surface area (Å²) >= 11 is 3.52. The molecule has 0 unspecified atom stereocenters. The fraction of sp³-hybridized carbons (Fsp3) is 0.600. The first-order valence-electron chi connectivity index (χ1n) is 6.74. The Labute approximate surface area is 113 Å². The second-order valence-corrected chi connectivity index (χ2v) is 6.09. The highest BCUT2D eigenvalue weighted by molar-refractivity contribution is 9.10. The number of halogens is 1. The third kappa shape index (κ3) is 4.11. The molecular formula is C15H22BrN. The van der Waals surface area contributed by atoms with Gasteiger partial charge in [0.25, 0.3) is 0 Å². The fourth-order valence-corrected chi connectivity index (χ4v) is 3.11. The second-order valence-electron chi connectivity index (χ2n) is 5.17. The molecule has 1 N–H and O–H groups in total. The zero-order chi connectivity index (χ0) is 12.1. The number of rotatable bonds is 5. The van der Waals surface area contributed by atoms with Crippen LogP contribution < -0.4 is 5.32 Å². The van der Waals surface area contributed by atoms with Crippen molar-refractivity contribution in [3.05, 3.63) is 34.3 Å². The highest BCUT2D eigenvalue weighted by Gasteiger charge is 2.14. The molecule has 1 fully saturated rings. The van der Waals surface area contributed by atoms with Crippen molar-refractivity contribution >= 4 is 15.9 Å². The van der Waals surface area contributed by atoms with Crippen LogP contribution in [0, 0.1) is 5.92 Å². The Kier molecular flexibility index (Phi) is 5.05. The van der Waals surface area contributed by atoms with Gasteiger partial charge in [-0.05, 0) is 43.5 Å². The standard InChI is InChI=1S/C15H22BrN/c1-12(14-7-4-8-15(16)11-14)17-10-9-13-5-2-3-6-13/h4,7-8,11-13,17H,2-3,5-6,9-10H2,1H3/t12-/m0/s1. The molecule has 0 aromatic heterocycles. The summed E-state index contributed by atoms with van der Waals surface area (Å²) in [5, 5.41) is 3.63. The summed E-state index contributed by atoms with van der Waals surface area (Å²) in [6, 6.07) is 9.03. The number of hydrogen-bond donors (Lipinski definition) is 1. The van der Waals surface area contributed by atoms with E-state index in [4.69, 9.17) is 0 Å². The molecule has 0 heterocycles. The van der Waals surface area contributed by atoms with E-state index in [0.717, 1.165) is 12.5 Å². The van der Waals surface area contributed by atoms with Crippen molar-refractivity contribution in [1.29, 1.82) is 0 Å². The van der Waals surface area contributed by atoms with Gasteiger partial charge in [-0.2, -0.15) is 0 Å². The molecule has 2 rings (SSSR count). The van der Waals surface area contributed by atoms with Crippen molar-refractivity contribution in [2.24, 2.45) is 5.92 Å². The fourth-order valence-electron chi connectivity index (χ4n) is 2.70. The lowest BCUT2D eigenvalue weighted by molar-refractivity contribution is 0.455. The van der Waals surface area contributed by atoms with Gasteiger partial charge in [-0.3, -0.25) is 0 Å². The monoisotopic (exact) mass is 295 g/mol. The minimum Gasteiger partial charge on any atom is -0.310 e. The van der Waals surface area contributed by atoms with Crippen LogP contribution in [0.15, 0.2) is 28.7 Å². The topological polar surface area (TPSA) is 12.0 Å². The van der Waals surface area contributed by atoms with Crippen LogP contribution in [0.1, 0.15) is 50.6 Å². The van der Waals surface area contributed by atoms with Gasteiger partial charge in [0.15, 0.2) is 0 Å². The number of hydrogen-bond acceptors (Lipinski definition) is 1. The first-order chi connectivity index (χ1) is 8.25. The molecule has 2 heteroatoms. The molecule has 1 aromatic carbocycles. The Morgan fingerprint density at radius 1 is 1.35 bits per heavy atom. The number of benzene rings is 1. The maximum atomic E-state index is 3.63. The van der Waals surface area contributed by atoms with Crippen LogP contribution in [-0.2, 0) is 0 Å². The van der Waals surface area contributed by atoms with Gasteiger partial charge >= 0.3 is 0 Å². The smallest absolute Gasteiger partial charge is 0.0292 e. The van der Waals surface area contributed by atoms with Gasteiger partial charge < -0.3 is 5.32 Å². The molecule has 1 aliphatic carbocycles. The quantitative estimate of drug-likeness (QED) is 0.832. The average Bonchev–Trinajstić information content (AvgIpc) is 2.82. The van der Waals surface area contributed by atoms with Gasteiger partial charge in [0.1, 0.15) is 0 Å². The maximum Gasteiger partial charge on any atom is 0.0292 e. The summed E-state index contributed by atoms with van der Waals surface area (Å²) in [5.74, 6) is 0.984. The van der Waals surface area contributed by atoms with Crippen LogP contribution in [0.4, 0.5) is 0 Å². The molecular weight excluding hydrogens is 274 g/mol. The SMILES string of the molecule is C[C@H](NCCC1CCCC1)c1cccc(Br)c1. The molecule has 1 nitrogen and oxygen atoms in total. The number of nitrogens with one attached hydrogen (secondary N) is 1. The Bertz CT molecular complexity index is 345. The zero-order valence-electron chi connectivity index (χ0n) is 10.6. The van der Waals surface area contributed by atoms with Crippen LogP contribution in [0.25, 0.3) is 0 Å². The summed E-state index contributed by atoms with van der Waals surface area (Å²) < 4.78 is 1.17. The van der Waals surface area contributed by atoms with E-state index in [9.17, 15) is 0 Å². The first kappa shape index (κ1) is 13.1. The van der Waals surface area contributed by atoms with E-state index in [0.29, 0.717) is 6.04 Å². The predicted molar refractivity (Wildman–Crippen MR) is 77.1 cm³/mol. The van der Waals surface area contributed by atoms with Crippen LogP contribution in [0.5, 0.6) is 0 Å². The molecule has 1 aliphatic rings. The van der Waals surface area contributed by atoms with Gasteiger partial charge in [0, 0.05) is 10.5 Å². The van der Waals surface area contributed by atoms with Gasteiger partial charge in [0.2, 0.25) is 0 Å². The predicted octanol–water partition coefficient (Wildman–Crippen LogP) is 4.68. The third-order valence-electron chi connectivity index (χ3n) is 3.83. The average molecular weight is 296 g/mol. The maximum absolute atomic E-state index is 3.63. The Hall–Kier alpha value is -0.340. The first-order valence-corrected chi connectivity index (χ1v) is 7.54. The van der Waals surface area contributed by atoms with E-state index >= 15 is 0 Å². The summed E-state index contributed by atoms with van der Waals surface area (Å²) in [6.07, 6.45) is 7.15. The van der Waals surface area contributed by atoms with Crippen LogP contribution in [0.2, 0.25) is 0 Å². The van der Waals surface area contributed by atoms with E-state index in [1.54, 1.807) is 0 Å². The van der Waals surface area contributed by atoms with Crippen molar-refractivity contribution < 1.29 is 0 Å². The van der Waals surface area contributed by atoms with E-state index in [1.165, 1.54) is 42.1 Å². The van der Waals surface area contributed by atoms with E-state index in [2.05, 4.69) is 52.4 Å². The van der Waals surface area contributed by atoms with Gasteiger partial charge in [-0.1, -0.05) is 53.7 Å². The summed E-state index contributed by atoms with van der Waals surface area (Å²) in [6.45, 7) is 3.40. The largest absolute Gasteiger partial charge is 0.310 e. The molecule has 1 aromatic rings.